The van der Waals surface area contributed by atoms with E-state index in [0.29, 0.717) is 6.54 Å². The Balaban J connectivity index is 2.14. The van der Waals surface area contributed by atoms with Crippen molar-refractivity contribution < 1.29 is 4.39 Å². The number of nitrogens with zero attached hydrogens (tertiary/aromatic N) is 2. The van der Waals surface area contributed by atoms with Gasteiger partial charge in [-0.1, -0.05) is 19.1 Å². The van der Waals surface area contributed by atoms with Crippen LogP contribution < -0.4 is 5.32 Å². The maximum absolute atomic E-state index is 12.8. The van der Waals surface area contributed by atoms with Crippen molar-refractivity contribution in [2.45, 2.75) is 26.8 Å². The summed E-state index contributed by atoms with van der Waals surface area (Å²) in [5, 5.41) is 3.29. The fourth-order valence-corrected chi connectivity index (χ4v) is 1.83. The first kappa shape index (κ1) is 12.6. The minimum Gasteiger partial charge on any atom is -0.356 e. The van der Waals surface area contributed by atoms with Crippen LogP contribution in [0.4, 0.5) is 10.3 Å². The van der Waals surface area contributed by atoms with Crippen LogP contribution in [0.25, 0.3) is 0 Å². The molecular formula is C14H18FN3. The molecule has 0 saturated heterocycles. The summed E-state index contributed by atoms with van der Waals surface area (Å²) in [6.45, 7) is 5.69. The van der Waals surface area contributed by atoms with Crippen molar-refractivity contribution in [3.63, 3.8) is 0 Å². The van der Waals surface area contributed by atoms with E-state index >= 15 is 0 Å². The molecule has 2 aromatic rings. The second kappa shape index (κ2) is 5.67. The molecule has 96 valence electrons. The van der Waals surface area contributed by atoms with Gasteiger partial charge in [-0.25, -0.2) is 9.37 Å². The van der Waals surface area contributed by atoms with Gasteiger partial charge in [-0.3, -0.25) is 0 Å². The van der Waals surface area contributed by atoms with Crippen molar-refractivity contribution >= 4 is 5.95 Å². The standard InChI is InChI=1S/C14H18FN3/c1-3-8-16-14-17-11(2)9-18(14)10-12-4-6-13(15)7-5-12/h4-7,9H,3,8,10H2,1-2H3,(H,16,17). The second-order valence-corrected chi connectivity index (χ2v) is 4.39. The molecule has 0 amide bonds. The fraction of sp³-hybridized carbons (Fsp3) is 0.357. The van der Waals surface area contributed by atoms with Crippen LogP contribution in [0.2, 0.25) is 0 Å². The molecule has 0 saturated carbocycles. The van der Waals surface area contributed by atoms with Gasteiger partial charge in [0, 0.05) is 12.7 Å². The normalized spacial score (nSPS) is 10.6. The van der Waals surface area contributed by atoms with E-state index in [0.717, 1.165) is 30.2 Å². The zero-order valence-corrected chi connectivity index (χ0v) is 10.8. The van der Waals surface area contributed by atoms with E-state index in [4.69, 9.17) is 0 Å². The average Bonchev–Trinajstić information content (AvgIpc) is 2.70. The molecule has 0 radical (unpaired) electrons. The Kier molecular flexibility index (Phi) is 3.97. The number of imidazole rings is 1. The molecule has 3 nitrogen and oxygen atoms in total. The number of aryl methyl sites for hydroxylation is 1. The quantitative estimate of drug-likeness (QED) is 0.879. The third-order valence-electron chi connectivity index (χ3n) is 2.70. The average molecular weight is 247 g/mol. The monoisotopic (exact) mass is 247 g/mol. The van der Waals surface area contributed by atoms with Crippen molar-refractivity contribution in [1.29, 1.82) is 0 Å². The van der Waals surface area contributed by atoms with Crippen LogP contribution in [0.15, 0.2) is 30.5 Å². The minimum absolute atomic E-state index is 0.204. The highest BCUT2D eigenvalue weighted by Gasteiger charge is 2.05. The van der Waals surface area contributed by atoms with Gasteiger partial charge in [-0.15, -0.1) is 0 Å². The van der Waals surface area contributed by atoms with E-state index in [2.05, 4.69) is 21.8 Å². The van der Waals surface area contributed by atoms with Crippen LogP contribution in [0.5, 0.6) is 0 Å². The first-order valence-electron chi connectivity index (χ1n) is 6.21. The summed E-state index contributed by atoms with van der Waals surface area (Å²) in [6.07, 6.45) is 3.06. The van der Waals surface area contributed by atoms with Gasteiger partial charge in [-0.2, -0.15) is 0 Å². The van der Waals surface area contributed by atoms with Gasteiger partial charge >= 0.3 is 0 Å². The lowest BCUT2D eigenvalue weighted by atomic mass is 10.2. The number of nitrogens with one attached hydrogen (secondary N) is 1. The molecule has 2 rings (SSSR count). The van der Waals surface area contributed by atoms with Crippen LogP contribution in [0.1, 0.15) is 24.6 Å². The minimum atomic E-state index is -0.204. The molecule has 1 N–H and O–H groups in total. The maximum Gasteiger partial charge on any atom is 0.203 e. The molecule has 1 aromatic heterocycles. The number of benzene rings is 1. The number of hydrogen-bond donors (Lipinski definition) is 1. The topological polar surface area (TPSA) is 29.9 Å². The Morgan fingerprint density at radius 2 is 2.00 bits per heavy atom. The molecule has 0 aliphatic heterocycles. The van der Waals surface area contributed by atoms with Crippen LogP contribution in [0, 0.1) is 12.7 Å². The Labute approximate surface area is 107 Å². The number of aromatic nitrogens is 2. The van der Waals surface area contributed by atoms with Crippen molar-refractivity contribution in [3.05, 3.63) is 47.5 Å². The zero-order valence-electron chi connectivity index (χ0n) is 10.8. The molecule has 4 heteroatoms. The zero-order chi connectivity index (χ0) is 13.0. The second-order valence-electron chi connectivity index (χ2n) is 4.39. The van der Waals surface area contributed by atoms with E-state index in [9.17, 15) is 4.39 Å². The molecule has 0 fully saturated rings. The van der Waals surface area contributed by atoms with E-state index in [-0.39, 0.29) is 5.82 Å². The van der Waals surface area contributed by atoms with Gasteiger partial charge in [0.2, 0.25) is 5.95 Å². The largest absolute Gasteiger partial charge is 0.356 e. The fourth-order valence-electron chi connectivity index (χ4n) is 1.83. The summed E-state index contributed by atoms with van der Waals surface area (Å²) in [6, 6.07) is 6.57. The molecule has 0 aliphatic carbocycles. The third kappa shape index (κ3) is 3.09. The first-order chi connectivity index (χ1) is 8.69. The summed E-state index contributed by atoms with van der Waals surface area (Å²) in [5.41, 5.74) is 2.05. The summed E-state index contributed by atoms with van der Waals surface area (Å²) in [7, 11) is 0. The van der Waals surface area contributed by atoms with Crippen LogP contribution in [-0.2, 0) is 6.54 Å². The van der Waals surface area contributed by atoms with Crippen molar-refractivity contribution in [2.75, 3.05) is 11.9 Å². The molecule has 1 aromatic carbocycles. The predicted molar refractivity (Wildman–Crippen MR) is 71.2 cm³/mol. The van der Waals surface area contributed by atoms with Gasteiger partial charge in [0.25, 0.3) is 0 Å². The third-order valence-corrected chi connectivity index (χ3v) is 2.70. The molecule has 0 aliphatic rings. The van der Waals surface area contributed by atoms with E-state index in [1.165, 1.54) is 12.1 Å². The molecule has 18 heavy (non-hydrogen) atoms. The number of rotatable bonds is 5. The maximum atomic E-state index is 12.8. The Morgan fingerprint density at radius 3 is 2.67 bits per heavy atom. The van der Waals surface area contributed by atoms with E-state index in [1.807, 2.05) is 13.1 Å². The van der Waals surface area contributed by atoms with Gasteiger partial charge in [0.05, 0.1) is 12.2 Å². The molecule has 0 atom stereocenters. The van der Waals surface area contributed by atoms with Gasteiger partial charge in [0.15, 0.2) is 0 Å². The van der Waals surface area contributed by atoms with Gasteiger partial charge < -0.3 is 9.88 Å². The van der Waals surface area contributed by atoms with Crippen LogP contribution in [0.3, 0.4) is 0 Å². The highest BCUT2D eigenvalue weighted by molar-refractivity contribution is 5.30. The molecule has 0 bridgehead atoms. The lowest BCUT2D eigenvalue weighted by Crippen LogP contribution is -2.08. The van der Waals surface area contributed by atoms with Gasteiger partial charge in [-0.05, 0) is 31.0 Å². The highest BCUT2D eigenvalue weighted by Crippen LogP contribution is 2.12. The Bertz CT molecular complexity index is 502. The lowest BCUT2D eigenvalue weighted by molar-refractivity contribution is 0.626. The summed E-state index contributed by atoms with van der Waals surface area (Å²) in [4.78, 5) is 4.44. The molecule has 1 heterocycles. The Hall–Kier alpha value is -1.84. The first-order valence-corrected chi connectivity index (χ1v) is 6.21. The van der Waals surface area contributed by atoms with E-state index in [1.54, 1.807) is 12.1 Å². The summed E-state index contributed by atoms with van der Waals surface area (Å²) in [5.74, 6) is 0.670. The molecule has 0 spiro atoms. The molecule has 0 unspecified atom stereocenters. The van der Waals surface area contributed by atoms with Crippen LogP contribution >= 0.6 is 0 Å². The predicted octanol–water partition coefficient (Wildman–Crippen LogP) is 3.20. The lowest BCUT2D eigenvalue weighted by Gasteiger charge is -2.09. The Morgan fingerprint density at radius 1 is 1.28 bits per heavy atom. The van der Waals surface area contributed by atoms with Crippen LogP contribution in [-0.4, -0.2) is 16.1 Å². The highest BCUT2D eigenvalue weighted by atomic mass is 19.1. The number of hydrogen-bond acceptors (Lipinski definition) is 2. The summed E-state index contributed by atoms with van der Waals surface area (Å²) < 4.78 is 14.9. The van der Waals surface area contributed by atoms with Crippen molar-refractivity contribution in [3.8, 4) is 0 Å². The number of anilines is 1. The van der Waals surface area contributed by atoms with E-state index < -0.39 is 0 Å². The SMILES string of the molecule is CCCNc1nc(C)cn1Cc1ccc(F)cc1. The van der Waals surface area contributed by atoms with Crippen molar-refractivity contribution in [2.24, 2.45) is 0 Å². The molecular weight excluding hydrogens is 229 g/mol. The smallest absolute Gasteiger partial charge is 0.203 e. The van der Waals surface area contributed by atoms with Crippen molar-refractivity contribution in [1.82, 2.24) is 9.55 Å². The number of halogens is 1. The van der Waals surface area contributed by atoms with Gasteiger partial charge in [0.1, 0.15) is 5.82 Å². The summed E-state index contributed by atoms with van der Waals surface area (Å²) >= 11 is 0.